The highest BCUT2D eigenvalue weighted by molar-refractivity contribution is 5.94. The average molecular weight is 466 g/mol. The van der Waals surface area contributed by atoms with Crippen LogP contribution < -0.4 is 5.32 Å². The quantitative estimate of drug-likeness (QED) is 0.670. The molecule has 2 aromatic carbocycles. The molecule has 0 aliphatic carbocycles. The van der Waals surface area contributed by atoms with Crippen LogP contribution in [0.25, 0.3) is 0 Å². The van der Waals surface area contributed by atoms with Crippen molar-refractivity contribution < 1.29 is 19.1 Å². The minimum atomic E-state index is -0.674. The van der Waals surface area contributed by atoms with Gasteiger partial charge in [-0.3, -0.25) is 9.59 Å². The predicted octanol–water partition coefficient (Wildman–Crippen LogP) is 4.01. The molecular formula is C27H35N3O4. The Kier molecular flexibility index (Phi) is 9.08. The van der Waals surface area contributed by atoms with Gasteiger partial charge in [0.15, 0.2) is 0 Å². The second-order valence-electron chi connectivity index (χ2n) is 8.91. The number of carbonyl (C=O) groups is 3. The molecule has 1 fully saturated rings. The summed E-state index contributed by atoms with van der Waals surface area (Å²) in [6.45, 7) is 8.09. The molecule has 3 amide bonds. The van der Waals surface area contributed by atoms with Gasteiger partial charge in [0.05, 0.1) is 0 Å². The first-order valence-electron chi connectivity index (χ1n) is 12.0. The summed E-state index contributed by atoms with van der Waals surface area (Å²) in [5.41, 5.74) is 2.59. The summed E-state index contributed by atoms with van der Waals surface area (Å²) < 4.78 is 5.35. The number of carbonyl (C=O) groups excluding carboxylic acids is 3. The molecule has 2 aromatic rings. The SMILES string of the molecule is CC[C@H](C)[C@H](NC(=O)OCc1ccccc1)C(=O)N1CCCN(C(=O)c2cccc(C)c2)CC1. The highest BCUT2D eigenvalue weighted by atomic mass is 16.5. The summed E-state index contributed by atoms with van der Waals surface area (Å²) in [4.78, 5) is 42.4. The maximum atomic E-state index is 13.4. The lowest BCUT2D eigenvalue weighted by Gasteiger charge is -2.29. The fraction of sp³-hybridized carbons (Fsp3) is 0.444. The highest BCUT2D eigenvalue weighted by Crippen LogP contribution is 2.15. The smallest absolute Gasteiger partial charge is 0.408 e. The van der Waals surface area contributed by atoms with Gasteiger partial charge in [-0.2, -0.15) is 0 Å². The molecule has 34 heavy (non-hydrogen) atoms. The fourth-order valence-corrected chi connectivity index (χ4v) is 4.07. The van der Waals surface area contributed by atoms with Crippen molar-refractivity contribution in [3.8, 4) is 0 Å². The second-order valence-corrected chi connectivity index (χ2v) is 8.91. The minimum Gasteiger partial charge on any atom is -0.445 e. The number of benzene rings is 2. The predicted molar refractivity (Wildman–Crippen MR) is 131 cm³/mol. The van der Waals surface area contributed by atoms with Gasteiger partial charge in [0.2, 0.25) is 5.91 Å². The van der Waals surface area contributed by atoms with Gasteiger partial charge < -0.3 is 19.9 Å². The van der Waals surface area contributed by atoms with E-state index in [2.05, 4.69) is 5.32 Å². The number of rotatable bonds is 7. The number of hydrogen-bond acceptors (Lipinski definition) is 4. The molecule has 0 bridgehead atoms. The number of amides is 3. The first-order chi connectivity index (χ1) is 16.4. The number of ether oxygens (including phenoxy) is 1. The third-order valence-corrected chi connectivity index (χ3v) is 6.32. The molecule has 1 N–H and O–H groups in total. The van der Waals surface area contributed by atoms with Crippen molar-refractivity contribution in [2.24, 2.45) is 5.92 Å². The van der Waals surface area contributed by atoms with E-state index < -0.39 is 12.1 Å². The molecule has 1 aliphatic heterocycles. The van der Waals surface area contributed by atoms with Crippen molar-refractivity contribution in [3.63, 3.8) is 0 Å². The molecule has 0 aromatic heterocycles. The van der Waals surface area contributed by atoms with Gasteiger partial charge in [-0.05, 0) is 37.0 Å². The molecule has 7 nitrogen and oxygen atoms in total. The Morgan fingerprint density at radius 2 is 1.68 bits per heavy atom. The zero-order chi connectivity index (χ0) is 24.5. The first kappa shape index (κ1) is 25.3. The summed E-state index contributed by atoms with van der Waals surface area (Å²) in [5.74, 6) is -0.194. The first-order valence-corrected chi connectivity index (χ1v) is 12.0. The Bertz CT molecular complexity index is 979. The summed E-state index contributed by atoms with van der Waals surface area (Å²) in [7, 11) is 0. The van der Waals surface area contributed by atoms with Crippen LogP contribution in [-0.4, -0.2) is 59.9 Å². The number of nitrogens with one attached hydrogen (secondary N) is 1. The normalized spacial score (nSPS) is 15.7. The van der Waals surface area contributed by atoms with Crippen LogP contribution >= 0.6 is 0 Å². The average Bonchev–Trinajstić information content (AvgIpc) is 3.12. The van der Waals surface area contributed by atoms with Gasteiger partial charge in [-0.1, -0.05) is 68.3 Å². The van der Waals surface area contributed by atoms with E-state index in [1.807, 2.05) is 80.3 Å². The van der Waals surface area contributed by atoms with Gasteiger partial charge >= 0.3 is 6.09 Å². The van der Waals surface area contributed by atoms with Crippen molar-refractivity contribution in [3.05, 3.63) is 71.3 Å². The Labute approximate surface area is 202 Å². The topological polar surface area (TPSA) is 79.0 Å². The molecule has 182 valence electrons. The number of nitrogens with zero attached hydrogens (tertiary/aromatic N) is 2. The molecule has 3 rings (SSSR count). The van der Waals surface area contributed by atoms with Crippen LogP contribution in [0.2, 0.25) is 0 Å². The Morgan fingerprint density at radius 1 is 0.971 bits per heavy atom. The molecular weight excluding hydrogens is 430 g/mol. The van der Waals surface area contributed by atoms with E-state index >= 15 is 0 Å². The van der Waals surface area contributed by atoms with Gasteiger partial charge in [-0.25, -0.2) is 4.79 Å². The van der Waals surface area contributed by atoms with Gasteiger partial charge in [0, 0.05) is 31.7 Å². The van der Waals surface area contributed by atoms with Crippen LogP contribution in [0.1, 0.15) is 48.2 Å². The second kappa shape index (κ2) is 12.2. The summed E-state index contributed by atoms with van der Waals surface area (Å²) in [5, 5.41) is 2.79. The number of aryl methyl sites for hydroxylation is 1. The van der Waals surface area contributed by atoms with Crippen molar-refractivity contribution in [2.75, 3.05) is 26.2 Å². The third-order valence-electron chi connectivity index (χ3n) is 6.32. The van der Waals surface area contributed by atoms with E-state index in [1.54, 1.807) is 4.90 Å². The maximum Gasteiger partial charge on any atom is 0.408 e. The van der Waals surface area contributed by atoms with E-state index in [9.17, 15) is 14.4 Å². The zero-order valence-corrected chi connectivity index (χ0v) is 20.3. The Hall–Kier alpha value is -3.35. The molecule has 0 radical (unpaired) electrons. The van der Waals surface area contributed by atoms with Crippen LogP contribution in [0.3, 0.4) is 0 Å². The van der Waals surface area contributed by atoms with E-state index in [0.29, 0.717) is 38.2 Å². The lowest BCUT2D eigenvalue weighted by Crippen LogP contribution is -2.52. The molecule has 0 unspecified atom stereocenters. The monoisotopic (exact) mass is 465 g/mol. The number of alkyl carbamates (subject to hydrolysis) is 1. The fourth-order valence-electron chi connectivity index (χ4n) is 4.07. The van der Waals surface area contributed by atoms with Crippen molar-refractivity contribution in [2.45, 2.75) is 46.3 Å². The molecule has 0 spiro atoms. The maximum absolute atomic E-state index is 13.4. The van der Waals surface area contributed by atoms with Crippen LogP contribution in [0.5, 0.6) is 0 Å². The Morgan fingerprint density at radius 3 is 2.38 bits per heavy atom. The van der Waals surface area contributed by atoms with Gasteiger partial charge in [-0.15, -0.1) is 0 Å². The summed E-state index contributed by atoms with van der Waals surface area (Å²) in [6, 6.07) is 16.3. The molecule has 1 heterocycles. The molecule has 1 saturated heterocycles. The third kappa shape index (κ3) is 6.83. The zero-order valence-electron chi connectivity index (χ0n) is 20.3. The molecule has 0 saturated carbocycles. The van der Waals surface area contributed by atoms with Crippen LogP contribution in [0.15, 0.2) is 54.6 Å². The highest BCUT2D eigenvalue weighted by Gasteiger charge is 2.32. The van der Waals surface area contributed by atoms with Crippen LogP contribution in [0.4, 0.5) is 4.79 Å². The van der Waals surface area contributed by atoms with Crippen molar-refractivity contribution in [1.82, 2.24) is 15.1 Å². The van der Waals surface area contributed by atoms with E-state index in [1.165, 1.54) is 0 Å². The van der Waals surface area contributed by atoms with E-state index in [4.69, 9.17) is 4.74 Å². The van der Waals surface area contributed by atoms with Crippen molar-refractivity contribution in [1.29, 1.82) is 0 Å². The van der Waals surface area contributed by atoms with E-state index in [-0.39, 0.29) is 24.3 Å². The van der Waals surface area contributed by atoms with E-state index in [0.717, 1.165) is 17.5 Å². The van der Waals surface area contributed by atoms with Gasteiger partial charge in [0.25, 0.3) is 5.91 Å². The largest absolute Gasteiger partial charge is 0.445 e. The lowest BCUT2D eigenvalue weighted by atomic mass is 9.98. The van der Waals surface area contributed by atoms with Crippen LogP contribution in [-0.2, 0) is 16.1 Å². The summed E-state index contributed by atoms with van der Waals surface area (Å²) >= 11 is 0. The molecule has 7 heteroatoms. The van der Waals surface area contributed by atoms with Crippen LogP contribution in [0, 0.1) is 12.8 Å². The van der Waals surface area contributed by atoms with Crippen molar-refractivity contribution >= 4 is 17.9 Å². The molecule has 1 aliphatic rings. The summed E-state index contributed by atoms with van der Waals surface area (Å²) in [6.07, 6.45) is 0.824. The minimum absolute atomic E-state index is 0.0147. The molecule has 2 atom stereocenters. The van der Waals surface area contributed by atoms with Gasteiger partial charge in [0.1, 0.15) is 12.6 Å². The number of hydrogen-bond donors (Lipinski definition) is 1. The lowest BCUT2D eigenvalue weighted by molar-refractivity contribution is -0.134. The Balaban J connectivity index is 1.60. The standard InChI is InChI=1S/C27H35N3O4/c1-4-21(3)24(28-27(33)34-19-22-11-6-5-7-12-22)26(32)30-15-9-14-29(16-17-30)25(31)23-13-8-10-20(2)18-23/h5-8,10-13,18,21,24H,4,9,14-17,19H2,1-3H3,(H,28,33)/t21-,24-/m0/s1.